The number of anilines is 1. The van der Waals surface area contributed by atoms with Crippen LogP contribution < -0.4 is 10.1 Å². The molecule has 1 heterocycles. The van der Waals surface area contributed by atoms with Crippen LogP contribution in [0, 0.1) is 5.92 Å². The van der Waals surface area contributed by atoms with Gasteiger partial charge < -0.3 is 14.8 Å². The van der Waals surface area contributed by atoms with Gasteiger partial charge in [-0.3, -0.25) is 4.79 Å². The van der Waals surface area contributed by atoms with Gasteiger partial charge in [0, 0.05) is 19.0 Å². The monoisotopic (exact) mass is 377 g/mol. The molecule has 140 valence electrons. The smallest absolute Gasteiger partial charge is 0.309 e. The lowest BCUT2D eigenvalue weighted by molar-refractivity contribution is -0.148. The molecule has 6 nitrogen and oxygen atoms in total. The van der Waals surface area contributed by atoms with Crippen molar-refractivity contribution < 1.29 is 14.3 Å². The molecule has 0 saturated carbocycles. The summed E-state index contributed by atoms with van der Waals surface area (Å²) in [4.78, 5) is 12.1. The molecule has 0 bridgehead atoms. The van der Waals surface area contributed by atoms with Crippen molar-refractivity contribution in [3.8, 4) is 5.75 Å². The normalized spacial score (nSPS) is 11.7. The second kappa shape index (κ2) is 9.97. The van der Waals surface area contributed by atoms with E-state index in [1.807, 2.05) is 31.2 Å². The van der Waals surface area contributed by atoms with Crippen LogP contribution in [0.25, 0.3) is 0 Å². The molecule has 0 spiro atoms. The van der Waals surface area contributed by atoms with E-state index in [0.717, 1.165) is 17.0 Å². The topological polar surface area (TPSA) is 73.3 Å². The highest BCUT2D eigenvalue weighted by molar-refractivity contribution is 6.29. The second-order valence-electron chi connectivity index (χ2n) is 5.79. The highest BCUT2D eigenvalue weighted by Gasteiger charge is 2.21. The lowest BCUT2D eigenvalue weighted by atomic mass is 9.99. The molecular formula is C19H24ClN3O3. The van der Waals surface area contributed by atoms with Gasteiger partial charge in [-0.05, 0) is 31.0 Å². The minimum absolute atomic E-state index is 0.215. The Bertz CT molecular complexity index is 722. The number of hydrogen-bond acceptors (Lipinski definition) is 6. The van der Waals surface area contributed by atoms with Crippen molar-refractivity contribution in [2.24, 2.45) is 5.92 Å². The Labute approximate surface area is 158 Å². The molecule has 2 rings (SSSR count). The van der Waals surface area contributed by atoms with Gasteiger partial charge in [0.15, 0.2) is 5.15 Å². The minimum Gasteiger partial charge on any atom is -0.497 e. The van der Waals surface area contributed by atoms with E-state index in [9.17, 15) is 4.79 Å². The molecule has 0 radical (unpaired) electrons. The standard InChI is InChI=1S/C19H24ClN3O3/c1-4-14(19(24)26-5-2)10-17-16(11-18(20)23-22-17)21-12-13-6-8-15(25-3)9-7-13/h6-9,11,14H,4-5,10,12H2,1-3H3,(H,21,23). The molecule has 7 heteroatoms. The molecule has 2 aromatic rings. The van der Waals surface area contributed by atoms with Gasteiger partial charge in [-0.15, -0.1) is 5.10 Å². The number of halogens is 1. The number of benzene rings is 1. The van der Waals surface area contributed by atoms with Crippen LogP contribution in [0.1, 0.15) is 31.5 Å². The van der Waals surface area contributed by atoms with Gasteiger partial charge in [0.05, 0.1) is 31.0 Å². The van der Waals surface area contributed by atoms with Crippen molar-refractivity contribution >= 4 is 23.3 Å². The predicted octanol–water partition coefficient (Wildman–Crippen LogP) is 3.88. The summed E-state index contributed by atoms with van der Waals surface area (Å²) in [7, 11) is 1.64. The van der Waals surface area contributed by atoms with Crippen LogP contribution in [-0.4, -0.2) is 29.9 Å². The summed E-state index contributed by atoms with van der Waals surface area (Å²) in [5.74, 6) is 0.336. The molecule has 0 aliphatic rings. The van der Waals surface area contributed by atoms with E-state index in [1.54, 1.807) is 20.1 Å². The Morgan fingerprint density at radius 1 is 1.23 bits per heavy atom. The molecule has 26 heavy (non-hydrogen) atoms. The largest absolute Gasteiger partial charge is 0.497 e. The maximum atomic E-state index is 12.1. The van der Waals surface area contributed by atoms with Crippen molar-refractivity contribution in [2.45, 2.75) is 33.2 Å². The van der Waals surface area contributed by atoms with E-state index in [4.69, 9.17) is 21.1 Å². The van der Waals surface area contributed by atoms with Gasteiger partial charge in [-0.25, -0.2) is 0 Å². The van der Waals surface area contributed by atoms with Crippen LogP contribution in [0.5, 0.6) is 5.75 Å². The van der Waals surface area contributed by atoms with Crippen LogP contribution in [0.15, 0.2) is 30.3 Å². The molecule has 0 amide bonds. The maximum Gasteiger partial charge on any atom is 0.309 e. The molecule has 1 aromatic heterocycles. The van der Waals surface area contributed by atoms with Crippen molar-refractivity contribution in [1.82, 2.24) is 10.2 Å². The number of carbonyl (C=O) groups excluding carboxylic acids is 1. The number of methoxy groups -OCH3 is 1. The Balaban J connectivity index is 2.11. The fraction of sp³-hybridized carbons (Fsp3) is 0.421. The van der Waals surface area contributed by atoms with E-state index >= 15 is 0 Å². The Hall–Kier alpha value is -2.34. The summed E-state index contributed by atoms with van der Waals surface area (Å²) in [5, 5.41) is 11.7. The first kappa shape index (κ1) is 20.0. The first-order chi connectivity index (χ1) is 12.6. The number of ether oxygens (including phenoxy) is 2. The molecule has 1 unspecified atom stereocenters. The molecule has 1 aromatic carbocycles. The first-order valence-corrected chi connectivity index (χ1v) is 9.00. The zero-order chi connectivity index (χ0) is 18.9. The van der Waals surface area contributed by atoms with Gasteiger partial charge in [0.25, 0.3) is 0 Å². The average Bonchev–Trinajstić information content (AvgIpc) is 2.66. The van der Waals surface area contributed by atoms with E-state index in [1.165, 1.54) is 0 Å². The third-order valence-corrected chi connectivity index (χ3v) is 4.22. The lowest BCUT2D eigenvalue weighted by Gasteiger charge is -2.16. The number of nitrogens with zero attached hydrogens (tertiary/aromatic N) is 2. The summed E-state index contributed by atoms with van der Waals surface area (Å²) < 4.78 is 10.3. The summed E-state index contributed by atoms with van der Waals surface area (Å²) in [6.45, 7) is 4.71. The van der Waals surface area contributed by atoms with Crippen LogP contribution >= 0.6 is 11.6 Å². The number of aromatic nitrogens is 2. The fourth-order valence-corrected chi connectivity index (χ4v) is 2.67. The SMILES string of the molecule is CCOC(=O)C(CC)Cc1nnc(Cl)cc1NCc1ccc(OC)cc1. The van der Waals surface area contributed by atoms with Crippen molar-refractivity contribution in [3.05, 3.63) is 46.7 Å². The zero-order valence-electron chi connectivity index (χ0n) is 15.3. The number of hydrogen-bond donors (Lipinski definition) is 1. The molecular weight excluding hydrogens is 354 g/mol. The highest BCUT2D eigenvalue weighted by Crippen LogP contribution is 2.22. The van der Waals surface area contributed by atoms with Gasteiger partial charge in [0.2, 0.25) is 0 Å². The van der Waals surface area contributed by atoms with Crippen molar-refractivity contribution in [1.29, 1.82) is 0 Å². The number of carbonyl (C=O) groups is 1. The van der Waals surface area contributed by atoms with E-state index < -0.39 is 0 Å². The Morgan fingerprint density at radius 2 is 1.96 bits per heavy atom. The van der Waals surface area contributed by atoms with Crippen molar-refractivity contribution in [3.63, 3.8) is 0 Å². The highest BCUT2D eigenvalue weighted by atomic mass is 35.5. The Morgan fingerprint density at radius 3 is 2.58 bits per heavy atom. The Kier molecular flexibility index (Phi) is 7.66. The minimum atomic E-state index is -0.257. The first-order valence-electron chi connectivity index (χ1n) is 8.62. The summed E-state index contributed by atoms with van der Waals surface area (Å²) in [6.07, 6.45) is 1.12. The molecule has 0 aliphatic heterocycles. The van der Waals surface area contributed by atoms with Crippen LogP contribution in [0.3, 0.4) is 0 Å². The maximum absolute atomic E-state index is 12.1. The number of nitrogens with one attached hydrogen (secondary N) is 1. The van der Waals surface area contributed by atoms with Crippen LogP contribution in [0.2, 0.25) is 5.15 Å². The van der Waals surface area contributed by atoms with Gasteiger partial charge in [-0.1, -0.05) is 30.7 Å². The molecule has 1 N–H and O–H groups in total. The predicted molar refractivity (Wildman–Crippen MR) is 101 cm³/mol. The molecule has 0 saturated heterocycles. The van der Waals surface area contributed by atoms with E-state index in [0.29, 0.717) is 36.8 Å². The number of esters is 1. The van der Waals surface area contributed by atoms with Gasteiger partial charge in [0.1, 0.15) is 5.75 Å². The third-order valence-electron chi connectivity index (χ3n) is 4.04. The van der Waals surface area contributed by atoms with Gasteiger partial charge >= 0.3 is 5.97 Å². The summed E-state index contributed by atoms with van der Waals surface area (Å²) >= 11 is 6.00. The third kappa shape index (κ3) is 5.59. The average molecular weight is 378 g/mol. The van der Waals surface area contributed by atoms with Gasteiger partial charge in [-0.2, -0.15) is 5.10 Å². The number of rotatable bonds is 9. The quantitative estimate of drug-likeness (QED) is 0.668. The summed E-state index contributed by atoms with van der Waals surface area (Å²) in [6, 6.07) is 9.50. The zero-order valence-corrected chi connectivity index (χ0v) is 16.0. The van der Waals surface area contributed by atoms with Crippen LogP contribution in [0.4, 0.5) is 5.69 Å². The fourth-order valence-electron chi connectivity index (χ4n) is 2.53. The molecule has 1 atom stereocenters. The molecule has 0 aliphatic carbocycles. The second-order valence-corrected chi connectivity index (χ2v) is 6.18. The lowest BCUT2D eigenvalue weighted by Crippen LogP contribution is -2.21. The van der Waals surface area contributed by atoms with E-state index in [2.05, 4.69) is 15.5 Å². The molecule has 0 fully saturated rings. The van der Waals surface area contributed by atoms with E-state index in [-0.39, 0.29) is 11.9 Å². The van der Waals surface area contributed by atoms with Crippen LogP contribution in [-0.2, 0) is 22.5 Å². The van der Waals surface area contributed by atoms with Crippen molar-refractivity contribution in [2.75, 3.05) is 19.0 Å². The summed E-state index contributed by atoms with van der Waals surface area (Å²) in [5.41, 5.74) is 2.55.